The Hall–Kier alpha value is -2.37. The van der Waals surface area contributed by atoms with Crippen LogP contribution in [0.5, 0.6) is 0 Å². The molecule has 24 heavy (non-hydrogen) atoms. The van der Waals surface area contributed by atoms with Crippen LogP contribution in [0.15, 0.2) is 30.3 Å². The van der Waals surface area contributed by atoms with Gasteiger partial charge in [0.1, 0.15) is 6.04 Å². The van der Waals surface area contributed by atoms with Crippen molar-refractivity contribution in [3.05, 3.63) is 35.9 Å². The van der Waals surface area contributed by atoms with Gasteiger partial charge in [-0.1, -0.05) is 44.2 Å². The third-order valence-corrected chi connectivity index (χ3v) is 3.63. The lowest BCUT2D eigenvalue weighted by molar-refractivity contribution is -0.142. The third-order valence-electron chi connectivity index (χ3n) is 3.63. The Morgan fingerprint density at radius 3 is 2.29 bits per heavy atom. The molecule has 132 valence electrons. The fraction of sp³-hybridized carbons (Fsp3) is 0.500. The predicted octanol–water partition coefficient (Wildman–Crippen LogP) is 1.69. The molecule has 1 aromatic carbocycles. The molecule has 6 heteroatoms. The van der Waals surface area contributed by atoms with Gasteiger partial charge in [-0.2, -0.15) is 0 Å². The van der Waals surface area contributed by atoms with E-state index in [2.05, 4.69) is 5.32 Å². The van der Waals surface area contributed by atoms with Gasteiger partial charge in [-0.25, -0.2) is 4.79 Å². The van der Waals surface area contributed by atoms with E-state index >= 15 is 0 Å². The van der Waals surface area contributed by atoms with Gasteiger partial charge in [-0.3, -0.25) is 9.59 Å². The van der Waals surface area contributed by atoms with Gasteiger partial charge in [0.05, 0.1) is 6.54 Å². The van der Waals surface area contributed by atoms with E-state index in [0.29, 0.717) is 19.4 Å². The summed E-state index contributed by atoms with van der Waals surface area (Å²) in [4.78, 5) is 36.5. The summed E-state index contributed by atoms with van der Waals surface area (Å²) < 4.78 is 0. The zero-order valence-corrected chi connectivity index (χ0v) is 14.5. The summed E-state index contributed by atoms with van der Waals surface area (Å²) in [5.74, 6) is -1.58. The highest BCUT2D eigenvalue weighted by atomic mass is 16.4. The van der Waals surface area contributed by atoms with Crippen molar-refractivity contribution in [3.8, 4) is 0 Å². The average Bonchev–Trinajstić information content (AvgIpc) is 2.51. The Balaban J connectivity index is 2.58. The maximum absolute atomic E-state index is 12.1. The first kappa shape index (κ1) is 19.7. The van der Waals surface area contributed by atoms with Crippen LogP contribution in [0.2, 0.25) is 0 Å². The van der Waals surface area contributed by atoms with Crippen molar-refractivity contribution in [2.75, 3.05) is 13.1 Å². The predicted molar refractivity (Wildman–Crippen MR) is 91.4 cm³/mol. The van der Waals surface area contributed by atoms with Crippen LogP contribution in [-0.4, -0.2) is 46.9 Å². The number of benzene rings is 1. The second kappa shape index (κ2) is 9.70. The monoisotopic (exact) mass is 334 g/mol. The first-order valence-electron chi connectivity index (χ1n) is 8.11. The molecule has 0 bridgehead atoms. The molecule has 6 nitrogen and oxygen atoms in total. The molecule has 2 N–H and O–H groups in total. The number of hydrogen-bond donors (Lipinski definition) is 2. The van der Waals surface area contributed by atoms with Gasteiger partial charge in [0.25, 0.3) is 0 Å². The molecule has 0 spiro atoms. The van der Waals surface area contributed by atoms with E-state index in [4.69, 9.17) is 0 Å². The van der Waals surface area contributed by atoms with Crippen molar-refractivity contribution < 1.29 is 19.5 Å². The SMILES string of the molecule is CC(=O)N(CCc1ccccc1)CC(=O)NC(CC(C)C)C(=O)O. The summed E-state index contributed by atoms with van der Waals surface area (Å²) in [5, 5.41) is 11.7. The van der Waals surface area contributed by atoms with E-state index in [1.807, 2.05) is 44.2 Å². The first-order valence-corrected chi connectivity index (χ1v) is 8.11. The lowest BCUT2D eigenvalue weighted by Gasteiger charge is -2.22. The number of carboxylic acids is 1. The highest BCUT2D eigenvalue weighted by Crippen LogP contribution is 2.06. The molecule has 0 saturated heterocycles. The van der Waals surface area contributed by atoms with Crippen LogP contribution < -0.4 is 5.32 Å². The van der Waals surface area contributed by atoms with Crippen LogP contribution in [0.25, 0.3) is 0 Å². The quantitative estimate of drug-likeness (QED) is 0.719. The molecule has 0 fully saturated rings. The van der Waals surface area contributed by atoms with Gasteiger partial charge in [-0.15, -0.1) is 0 Å². The molecule has 0 aliphatic heterocycles. The Morgan fingerprint density at radius 2 is 1.79 bits per heavy atom. The molecule has 0 aromatic heterocycles. The number of carboxylic acid groups (broad SMARTS) is 1. The molecule has 0 radical (unpaired) electrons. The van der Waals surface area contributed by atoms with E-state index in [0.717, 1.165) is 5.56 Å². The minimum atomic E-state index is -1.06. The van der Waals surface area contributed by atoms with Crippen molar-refractivity contribution in [1.82, 2.24) is 10.2 Å². The Labute approximate surface area is 142 Å². The van der Waals surface area contributed by atoms with E-state index in [1.165, 1.54) is 11.8 Å². The number of aliphatic carboxylic acids is 1. The molecule has 1 unspecified atom stereocenters. The molecule has 0 aliphatic carbocycles. The van der Waals surface area contributed by atoms with Crippen LogP contribution >= 0.6 is 0 Å². The number of amides is 2. The maximum Gasteiger partial charge on any atom is 0.326 e. The highest BCUT2D eigenvalue weighted by Gasteiger charge is 2.22. The van der Waals surface area contributed by atoms with E-state index in [-0.39, 0.29) is 18.4 Å². The largest absolute Gasteiger partial charge is 0.480 e. The van der Waals surface area contributed by atoms with Crippen molar-refractivity contribution in [3.63, 3.8) is 0 Å². The van der Waals surface area contributed by atoms with Crippen LogP contribution in [0.1, 0.15) is 32.8 Å². The van der Waals surface area contributed by atoms with Gasteiger partial charge in [0, 0.05) is 13.5 Å². The summed E-state index contributed by atoms with van der Waals surface area (Å²) in [6, 6.07) is 8.75. The van der Waals surface area contributed by atoms with Crippen LogP contribution in [0.3, 0.4) is 0 Å². The minimum absolute atomic E-state index is 0.135. The Kier molecular flexibility index (Phi) is 7.95. The normalized spacial score (nSPS) is 11.8. The zero-order chi connectivity index (χ0) is 18.1. The Morgan fingerprint density at radius 1 is 1.17 bits per heavy atom. The fourth-order valence-electron chi connectivity index (χ4n) is 2.36. The summed E-state index contributed by atoms with van der Waals surface area (Å²) in [6.45, 7) is 5.47. The topological polar surface area (TPSA) is 86.7 Å². The number of carbonyl (C=O) groups is 3. The standard InChI is InChI=1S/C18H26N2O4/c1-13(2)11-16(18(23)24)19-17(22)12-20(14(3)21)10-9-15-7-5-4-6-8-15/h4-8,13,16H,9-12H2,1-3H3,(H,19,22)(H,23,24). The summed E-state index contributed by atoms with van der Waals surface area (Å²) in [7, 11) is 0. The number of hydrogen-bond acceptors (Lipinski definition) is 3. The number of nitrogens with zero attached hydrogens (tertiary/aromatic N) is 1. The van der Waals surface area contributed by atoms with Crippen molar-refractivity contribution in [2.45, 2.75) is 39.7 Å². The van der Waals surface area contributed by atoms with Gasteiger partial charge in [0.15, 0.2) is 0 Å². The van der Waals surface area contributed by atoms with Crippen molar-refractivity contribution >= 4 is 17.8 Å². The van der Waals surface area contributed by atoms with Crippen LogP contribution in [0.4, 0.5) is 0 Å². The second-order valence-electron chi connectivity index (χ2n) is 6.26. The van der Waals surface area contributed by atoms with Crippen molar-refractivity contribution in [1.29, 1.82) is 0 Å². The van der Waals surface area contributed by atoms with Crippen molar-refractivity contribution in [2.24, 2.45) is 5.92 Å². The summed E-state index contributed by atoms with van der Waals surface area (Å²) in [6.07, 6.45) is 0.993. The highest BCUT2D eigenvalue weighted by molar-refractivity contribution is 5.87. The molecule has 0 heterocycles. The molecule has 0 saturated carbocycles. The van der Waals surface area contributed by atoms with Crippen LogP contribution in [-0.2, 0) is 20.8 Å². The maximum atomic E-state index is 12.1. The lowest BCUT2D eigenvalue weighted by Crippen LogP contribution is -2.47. The fourth-order valence-corrected chi connectivity index (χ4v) is 2.36. The minimum Gasteiger partial charge on any atom is -0.480 e. The first-order chi connectivity index (χ1) is 11.3. The summed E-state index contributed by atoms with van der Waals surface area (Å²) in [5.41, 5.74) is 1.08. The smallest absolute Gasteiger partial charge is 0.326 e. The molecule has 2 amide bonds. The van der Waals surface area contributed by atoms with Gasteiger partial charge in [-0.05, 0) is 24.3 Å². The molecular weight excluding hydrogens is 308 g/mol. The van der Waals surface area contributed by atoms with Crippen LogP contribution in [0, 0.1) is 5.92 Å². The van der Waals surface area contributed by atoms with Gasteiger partial charge >= 0.3 is 5.97 Å². The van der Waals surface area contributed by atoms with E-state index < -0.39 is 17.9 Å². The molecule has 1 aromatic rings. The van der Waals surface area contributed by atoms with Gasteiger partial charge < -0.3 is 15.3 Å². The lowest BCUT2D eigenvalue weighted by atomic mass is 10.0. The molecule has 0 aliphatic rings. The molecular formula is C18H26N2O4. The second-order valence-corrected chi connectivity index (χ2v) is 6.26. The van der Waals surface area contributed by atoms with Gasteiger partial charge in [0.2, 0.25) is 11.8 Å². The number of rotatable bonds is 9. The summed E-state index contributed by atoms with van der Waals surface area (Å²) >= 11 is 0. The zero-order valence-electron chi connectivity index (χ0n) is 14.5. The van der Waals surface area contributed by atoms with E-state index in [1.54, 1.807) is 0 Å². The number of carbonyl (C=O) groups excluding carboxylic acids is 2. The molecule has 1 rings (SSSR count). The third kappa shape index (κ3) is 7.26. The van der Waals surface area contributed by atoms with E-state index in [9.17, 15) is 19.5 Å². The average molecular weight is 334 g/mol. The number of nitrogens with one attached hydrogen (secondary N) is 1. The molecule has 1 atom stereocenters. The Bertz CT molecular complexity index is 557.